The number of nitrogens with zero attached hydrogens (tertiary/aromatic N) is 2. The lowest BCUT2D eigenvalue weighted by molar-refractivity contribution is -0.138. The van der Waals surface area contributed by atoms with Crippen molar-refractivity contribution in [2.24, 2.45) is 5.92 Å². The first-order chi connectivity index (χ1) is 8.88. The van der Waals surface area contributed by atoms with Crippen molar-refractivity contribution in [2.75, 3.05) is 52.0 Å². The van der Waals surface area contributed by atoms with Gasteiger partial charge in [0.2, 0.25) is 5.91 Å². The lowest BCUT2D eigenvalue weighted by atomic mass is 9.87. The fraction of sp³-hybridized carbons (Fsp3) is 0.933. The van der Waals surface area contributed by atoms with Gasteiger partial charge in [0, 0.05) is 32.1 Å². The first-order valence-electron chi connectivity index (χ1n) is 7.52. The van der Waals surface area contributed by atoms with Gasteiger partial charge in [-0.2, -0.15) is 0 Å². The number of hydrogen-bond donors (Lipinski definition) is 0. The minimum Gasteiger partial charge on any atom is -0.340 e. The number of likely N-dealkylation sites (N-methyl/N-ethyl adjacent to an activating group) is 1. The first kappa shape index (κ1) is 15.2. The Morgan fingerprint density at radius 3 is 1.95 bits per heavy atom. The summed E-state index contributed by atoms with van der Waals surface area (Å²) in [6.45, 7) is 3.93. The van der Waals surface area contributed by atoms with E-state index in [4.69, 9.17) is 0 Å². The summed E-state index contributed by atoms with van der Waals surface area (Å²) in [5, 5.41) is 0.879. The highest BCUT2D eigenvalue weighted by Gasteiger charge is 2.33. The van der Waals surface area contributed by atoms with Gasteiger partial charge in [0.1, 0.15) is 0 Å². The molecule has 3 nitrogen and oxygen atoms in total. The predicted octanol–water partition coefficient (Wildman–Crippen LogP) is 2.01. The van der Waals surface area contributed by atoms with Crippen molar-refractivity contribution in [3.8, 4) is 0 Å². The molecule has 0 atom stereocenters. The third-order valence-corrected chi connectivity index (χ3v) is 7.31. The molecule has 112 valence electrons. The Hall–Kier alpha value is -0.220. The molecular formula is C15H30N2OS. The predicted molar refractivity (Wildman–Crippen MR) is 85.2 cm³/mol. The largest absolute Gasteiger partial charge is 0.340 e. The molecule has 1 aliphatic carbocycles. The molecule has 2 rings (SSSR count). The third-order valence-electron chi connectivity index (χ3n) is 4.84. The van der Waals surface area contributed by atoms with Crippen LogP contribution in [0.25, 0.3) is 0 Å². The molecule has 1 saturated heterocycles. The summed E-state index contributed by atoms with van der Waals surface area (Å²) in [4.78, 5) is 16.9. The van der Waals surface area contributed by atoms with Gasteiger partial charge in [0.25, 0.3) is 0 Å². The molecule has 1 aliphatic heterocycles. The van der Waals surface area contributed by atoms with Crippen LogP contribution in [0.3, 0.4) is 0 Å². The van der Waals surface area contributed by atoms with Gasteiger partial charge in [-0.1, -0.05) is 0 Å². The summed E-state index contributed by atoms with van der Waals surface area (Å²) in [6, 6.07) is 0. The maximum absolute atomic E-state index is 12.5. The highest BCUT2D eigenvalue weighted by atomic mass is 32.3. The van der Waals surface area contributed by atoms with E-state index in [-0.39, 0.29) is 0 Å². The minimum atomic E-state index is -0.439. The number of amides is 1. The van der Waals surface area contributed by atoms with Gasteiger partial charge < -0.3 is 9.80 Å². The molecule has 1 amide bonds. The summed E-state index contributed by atoms with van der Waals surface area (Å²) < 4.78 is 0. The van der Waals surface area contributed by atoms with Crippen molar-refractivity contribution in [3.63, 3.8) is 0 Å². The Bertz CT molecular complexity index is 311. The van der Waals surface area contributed by atoms with E-state index in [0.717, 1.165) is 44.3 Å². The number of carbonyl (C=O) groups is 1. The van der Waals surface area contributed by atoms with E-state index in [0.29, 0.717) is 11.8 Å². The Morgan fingerprint density at radius 2 is 1.47 bits per heavy atom. The monoisotopic (exact) mass is 286 g/mol. The van der Waals surface area contributed by atoms with Crippen LogP contribution in [0.1, 0.15) is 25.7 Å². The van der Waals surface area contributed by atoms with Gasteiger partial charge in [-0.15, -0.1) is 0 Å². The number of hydrogen-bond acceptors (Lipinski definition) is 2. The third kappa shape index (κ3) is 3.88. The molecule has 2 fully saturated rings. The molecule has 0 radical (unpaired) electrons. The van der Waals surface area contributed by atoms with Crippen LogP contribution in [-0.4, -0.2) is 73.0 Å². The summed E-state index contributed by atoms with van der Waals surface area (Å²) in [5.74, 6) is 0.761. The van der Waals surface area contributed by atoms with Gasteiger partial charge in [0.05, 0.1) is 0 Å². The van der Waals surface area contributed by atoms with Gasteiger partial charge in [-0.3, -0.25) is 4.79 Å². The fourth-order valence-electron chi connectivity index (χ4n) is 3.30. The van der Waals surface area contributed by atoms with E-state index < -0.39 is 10.0 Å². The number of rotatable bonds is 2. The summed E-state index contributed by atoms with van der Waals surface area (Å²) >= 11 is 0. The van der Waals surface area contributed by atoms with E-state index in [9.17, 15) is 4.79 Å². The minimum absolute atomic E-state index is 0.321. The fourth-order valence-corrected chi connectivity index (χ4v) is 4.99. The van der Waals surface area contributed by atoms with E-state index in [2.05, 4.69) is 35.6 Å². The standard InChI is InChI=1S/C15H30N2OS/c1-16-9-11-17(12-10-16)15(18)13-5-7-14(8-6-13)19(2,3)4/h13-14H,5-12H2,1-4H3. The molecule has 0 bridgehead atoms. The molecule has 1 heterocycles. The number of piperazine rings is 1. The second-order valence-corrected chi connectivity index (χ2v) is 11.6. The Kier molecular flexibility index (Phi) is 4.83. The van der Waals surface area contributed by atoms with Crippen molar-refractivity contribution in [1.82, 2.24) is 9.80 Å². The van der Waals surface area contributed by atoms with Crippen molar-refractivity contribution >= 4 is 15.9 Å². The molecule has 0 aromatic heterocycles. The zero-order chi connectivity index (χ0) is 14.0. The van der Waals surface area contributed by atoms with E-state index in [1.54, 1.807) is 0 Å². The van der Waals surface area contributed by atoms with Crippen LogP contribution in [0, 0.1) is 5.92 Å². The zero-order valence-electron chi connectivity index (χ0n) is 13.0. The highest BCUT2D eigenvalue weighted by molar-refractivity contribution is 8.32. The smallest absolute Gasteiger partial charge is 0.225 e. The first-order valence-corrected chi connectivity index (χ1v) is 10.4. The average Bonchev–Trinajstić information content (AvgIpc) is 2.38. The van der Waals surface area contributed by atoms with Crippen molar-refractivity contribution in [1.29, 1.82) is 0 Å². The Morgan fingerprint density at radius 1 is 0.947 bits per heavy atom. The second-order valence-electron chi connectivity index (χ2n) is 7.03. The van der Waals surface area contributed by atoms with Crippen LogP contribution in [-0.2, 0) is 4.79 Å². The maximum Gasteiger partial charge on any atom is 0.225 e. The average molecular weight is 286 g/mol. The Balaban J connectivity index is 1.82. The molecular weight excluding hydrogens is 256 g/mol. The molecule has 0 aromatic rings. The molecule has 0 aromatic carbocycles. The molecule has 1 saturated carbocycles. The van der Waals surface area contributed by atoms with Gasteiger partial charge in [-0.05, 0) is 56.7 Å². The molecule has 0 spiro atoms. The quantitative estimate of drug-likeness (QED) is 0.775. The summed E-state index contributed by atoms with van der Waals surface area (Å²) in [7, 11) is 1.70. The highest BCUT2D eigenvalue weighted by Crippen LogP contribution is 2.48. The van der Waals surface area contributed by atoms with Gasteiger partial charge >= 0.3 is 0 Å². The maximum atomic E-state index is 12.5. The van der Waals surface area contributed by atoms with Crippen LogP contribution in [0.4, 0.5) is 0 Å². The molecule has 4 heteroatoms. The molecule has 2 aliphatic rings. The van der Waals surface area contributed by atoms with E-state index in [1.165, 1.54) is 12.8 Å². The summed E-state index contributed by atoms with van der Waals surface area (Å²) in [5.41, 5.74) is 0. The number of carbonyl (C=O) groups excluding carboxylic acids is 1. The SMILES string of the molecule is CN1CCN(C(=O)C2CCC(S(C)(C)C)CC2)CC1. The second kappa shape index (κ2) is 6.04. The van der Waals surface area contributed by atoms with Crippen LogP contribution >= 0.6 is 10.0 Å². The van der Waals surface area contributed by atoms with Crippen molar-refractivity contribution in [3.05, 3.63) is 0 Å². The Labute approximate surface area is 120 Å². The molecule has 0 unspecified atom stereocenters. The lowest BCUT2D eigenvalue weighted by Gasteiger charge is -2.42. The van der Waals surface area contributed by atoms with Crippen molar-refractivity contribution < 1.29 is 4.79 Å². The molecule has 19 heavy (non-hydrogen) atoms. The summed E-state index contributed by atoms with van der Waals surface area (Å²) in [6.07, 6.45) is 12.0. The lowest BCUT2D eigenvalue weighted by Crippen LogP contribution is -2.49. The zero-order valence-corrected chi connectivity index (χ0v) is 13.8. The normalized spacial score (nSPS) is 31.3. The van der Waals surface area contributed by atoms with E-state index >= 15 is 0 Å². The molecule has 0 N–H and O–H groups in total. The van der Waals surface area contributed by atoms with Gasteiger partial charge in [0.15, 0.2) is 0 Å². The topological polar surface area (TPSA) is 23.6 Å². The van der Waals surface area contributed by atoms with E-state index in [1.807, 2.05) is 0 Å². The van der Waals surface area contributed by atoms with Crippen LogP contribution < -0.4 is 0 Å². The van der Waals surface area contributed by atoms with Crippen LogP contribution in [0.5, 0.6) is 0 Å². The van der Waals surface area contributed by atoms with Crippen LogP contribution in [0.15, 0.2) is 0 Å². The van der Waals surface area contributed by atoms with Gasteiger partial charge in [-0.25, -0.2) is 10.0 Å². The van der Waals surface area contributed by atoms with Crippen molar-refractivity contribution in [2.45, 2.75) is 30.9 Å². The van der Waals surface area contributed by atoms with Crippen LogP contribution in [0.2, 0.25) is 0 Å².